The molecule has 2 heterocycles. The minimum Gasteiger partial charge on any atom is -0.453 e. The molecule has 2 aromatic heterocycles. The van der Waals surface area contributed by atoms with E-state index in [2.05, 4.69) is 38.9 Å². The van der Waals surface area contributed by atoms with Crippen LogP contribution in [0.5, 0.6) is 0 Å². The Morgan fingerprint density at radius 2 is 2.31 bits per heavy atom. The summed E-state index contributed by atoms with van der Waals surface area (Å²) in [5, 5.41) is 8.02. The Hall–Kier alpha value is -0.290. The largest absolute Gasteiger partial charge is 0.453 e. The van der Waals surface area contributed by atoms with E-state index in [1.54, 1.807) is 17.6 Å². The monoisotopic (exact) mass is 319 g/mol. The van der Waals surface area contributed by atoms with E-state index in [0.717, 1.165) is 16.6 Å². The maximum absolute atomic E-state index is 6.02. The second kappa shape index (κ2) is 5.36. The fourth-order valence-corrected chi connectivity index (χ4v) is 3.37. The van der Waals surface area contributed by atoms with Gasteiger partial charge < -0.3 is 9.73 Å². The molecule has 0 aliphatic rings. The van der Waals surface area contributed by atoms with Crippen molar-refractivity contribution in [2.45, 2.75) is 13.0 Å². The normalized spacial score (nSPS) is 12.9. The van der Waals surface area contributed by atoms with Gasteiger partial charge >= 0.3 is 0 Å². The lowest BCUT2D eigenvalue weighted by Crippen LogP contribution is -2.21. The molecule has 0 spiro atoms. The lowest BCUT2D eigenvalue weighted by atomic mass is 10.0. The van der Waals surface area contributed by atoms with Crippen LogP contribution in [0.25, 0.3) is 0 Å². The summed E-state index contributed by atoms with van der Waals surface area (Å²) in [5.41, 5.74) is 2.16. The van der Waals surface area contributed by atoms with Gasteiger partial charge in [0.2, 0.25) is 0 Å². The van der Waals surface area contributed by atoms with E-state index in [1.807, 2.05) is 6.07 Å². The Morgan fingerprint density at radius 3 is 2.81 bits per heavy atom. The second-order valence-electron chi connectivity index (χ2n) is 3.32. The van der Waals surface area contributed by atoms with Crippen LogP contribution in [-0.2, 0) is 0 Å². The average molecular weight is 321 g/mol. The number of halogens is 2. The third-order valence-electron chi connectivity index (χ3n) is 2.32. The van der Waals surface area contributed by atoms with E-state index < -0.39 is 0 Å². The maximum atomic E-state index is 6.02. The van der Waals surface area contributed by atoms with Gasteiger partial charge in [0.15, 0.2) is 5.22 Å². The van der Waals surface area contributed by atoms with Crippen LogP contribution in [0.2, 0.25) is 5.22 Å². The smallest absolute Gasteiger partial charge is 0.198 e. The molecule has 0 bridgehead atoms. The number of thiophene rings is 1. The van der Waals surface area contributed by atoms with E-state index in [4.69, 9.17) is 16.0 Å². The quantitative estimate of drug-likeness (QED) is 0.900. The number of hydrogen-bond donors (Lipinski definition) is 1. The van der Waals surface area contributed by atoms with Crippen LogP contribution in [0, 0.1) is 0 Å². The van der Waals surface area contributed by atoms with Crippen molar-refractivity contribution >= 4 is 38.9 Å². The first-order valence-corrected chi connectivity index (χ1v) is 7.03. The van der Waals surface area contributed by atoms with E-state index in [1.165, 1.54) is 5.56 Å². The molecule has 2 rings (SSSR count). The van der Waals surface area contributed by atoms with E-state index >= 15 is 0 Å². The van der Waals surface area contributed by atoms with Gasteiger partial charge in [-0.1, -0.05) is 6.92 Å². The third kappa shape index (κ3) is 2.35. The van der Waals surface area contributed by atoms with Crippen LogP contribution in [0.4, 0.5) is 0 Å². The molecule has 16 heavy (non-hydrogen) atoms. The summed E-state index contributed by atoms with van der Waals surface area (Å²) in [7, 11) is 0. The van der Waals surface area contributed by atoms with Crippen LogP contribution < -0.4 is 5.32 Å². The number of rotatable bonds is 4. The summed E-state index contributed by atoms with van der Waals surface area (Å²) in [6.45, 7) is 2.94. The molecule has 0 aliphatic carbocycles. The predicted molar refractivity (Wildman–Crippen MR) is 71.3 cm³/mol. The lowest BCUT2D eigenvalue weighted by Gasteiger charge is -2.16. The van der Waals surface area contributed by atoms with Gasteiger partial charge in [0.1, 0.15) is 0 Å². The summed E-state index contributed by atoms with van der Waals surface area (Å²) in [4.78, 5) is 0. The summed E-state index contributed by atoms with van der Waals surface area (Å²) in [6.07, 6.45) is 1.61. The first-order chi connectivity index (χ1) is 7.74. The number of furan rings is 1. The Morgan fingerprint density at radius 1 is 1.50 bits per heavy atom. The Bertz CT molecular complexity index is 428. The van der Waals surface area contributed by atoms with Crippen LogP contribution in [0.15, 0.2) is 32.0 Å². The molecule has 1 N–H and O–H groups in total. The highest BCUT2D eigenvalue weighted by molar-refractivity contribution is 9.10. The van der Waals surface area contributed by atoms with Crippen molar-refractivity contribution in [1.29, 1.82) is 0 Å². The van der Waals surface area contributed by atoms with Crippen LogP contribution in [0.3, 0.4) is 0 Å². The predicted octanol–water partition coefficient (Wildman–Crippen LogP) is 4.46. The van der Waals surface area contributed by atoms with Gasteiger partial charge in [-0.15, -0.1) is 0 Å². The van der Waals surface area contributed by atoms with Gasteiger partial charge in [0, 0.05) is 15.4 Å². The minimum absolute atomic E-state index is 0.0804. The zero-order chi connectivity index (χ0) is 11.5. The second-order valence-corrected chi connectivity index (χ2v) is 5.26. The SMILES string of the molecule is CCNC(c1cscc1Br)c1ccoc1Cl. The van der Waals surface area contributed by atoms with Crippen LogP contribution in [0.1, 0.15) is 24.1 Å². The molecule has 1 atom stereocenters. The summed E-state index contributed by atoms with van der Waals surface area (Å²) >= 11 is 11.2. The Labute approximate surface area is 112 Å². The lowest BCUT2D eigenvalue weighted by molar-refractivity contribution is 0.555. The van der Waals surface area contributed by atoms with Crippen molar-refractivity contribution in [2.75, 3.05) is 6.54 Å². The molecule has 0 aliphatic heterocycles. The van der Waals surface area contributed by atoms with Gasteiger partial charge in [-0.3, -0.25) is 0 Å². The summed E-state index contributed by atoms with van der Waals surface area (Å²) in [5.74, 6) is 0. The molecule has 0 fully saturated rings. The van der Waals surface area contributed by atoms with E-state index in [-0.39, 0.29) is 6.04 Å². The minimum atomic E-state index is 0.0804. The Balaban J connectivity index is 2.39. The van der Waals surface area contributed by atoms with Gasteiger partial charge in [0.25, 0.3) is 0 Å². The van der Waals surface area contributed by atoms with Gasteiger partial charge in [-0.25, -0.2) is 0 Å². The van der Waals surface area contributed by atoms with Crippen molar-refractivity contribution in [2.24, 2.45) is 0 Å². The summed E-state index contributed by atoms with van der Waals surface area (Å²) < 4.78 is 6.24. The standard InChI is InChI=1S/C11H11BrClNOS/c1-2-14-10(7-3-4-15-11(7)13)8-5-16-6-9(8)12/h3-6,10,14H,2H2,1H3. The molecule has 86 valence electrons. The molecular formula is C11H11BrClNOS. The molecule has 2 nitrogen and oxygen atoms in total. The number of nitrogens with one attached hydrogen (secondary N) is 1. The summed E-state index contributed by atoms with van der Waals surface area (Å²) in [6, 6.07) is 1.98. The van der Waals surface area contributed by atoms with Crippen molar-refractivity contribution in [1.82, 2.24) is 5.32 Å². The molecule has 0 amide bonds. The molecule has 0 aromatic carbocycles. The molecule has 0 saturated carbocycles. The first-order valence-electron chi connectivity index (χ1n) is 4.92. The maximum Gasteiger partial charge on any atom is 0.198 e. The van der Waals surface area contributed by atoms with Crippen molar-refractivity contribution < 1.29 is 4.42 Å². The van der Waals surface area contributed by atoms with Crippen molar-refractivity contribution in [3.63, 3.8) is 0 Å². The van der Waals surface area contributed by atoms with Crippen molar-refractivity contribution in [3.05, 3.63) is 43.9 Å². The van der Waals surface area contributed by atoms with Crippen LogP contribution >= 0.6 is 38.9 Å². The highest BCUT2D eigenvalue weighted by Gasteiger charge is 2.20. The van der Waals surface area contributed by atoms with Crippen molar-refractivity contribution in [3.8, 4) is 0 Å². The van der Waals surface area contributed by atoms with E-state index in [0.29, 0.717) is 5.22 Å². The number of hydrogen-bond acceptors (Lipinski definition) is 3. The third-order valence-corrected chi connectivity index (χ3v) is 4.38. The zero-order valence-corrected chi connectivity index (χ0v) is 11.8. The highest BCUT2D eigenvalue weighted by atomic mass is 79.9. The van der Waals surface area contributed by atoms with Gasteiger partial charge in [-0.2, -0.15) is 11.3 Å². The zero-order valence-electron chi connectivity index (χ0n) is 8.67. The topological polar surface area (TPSA) is 25.2 Å². The fourth-order valence-electron chi connectivity index (χ4n) is 1.60. The fraction of sp³-hybridized carbons (Fsp3) is 0.273. The average Bonchev–Trinajstić information content (AvgIpc) is 2.84. The molecule has 0 saturated heterocycles. The Kier molecular flexibility index (Phi) is 4.08. The molecule has 5 heteroatoms. The molecule has 0 radical (unpaired) electrons. The molecule has 1 unspecified atom stereocenters. The van der Waals surface area contributed by atoms with Gasteiger partial charge in [0.05, 0.1) is 12.3 Å². The van der Waals surface area contributed by atoms with Gasteiger partial charge in [-0.05, 0) is 51.1 Å². The molecule has 2 aromatic rings. The van der Waals surface area contributed by atoms with Crippen LogP contribution in [-0.4, -0.2) is 6.54 Å². The first kappa shape index (κ1) is 12.2. The molecular weight excluding hydrogens is 310 g/mol. The van der Waals surface area contributed by atoms with E-state index in [9.17, 15) is 0 Å². The highest BCUT2D eigenvalue weighted by Crippen LogP contribution is 2.34.